The third-order valence-electron chi connectivity index (χ3n) is 3.86. The number of carbonyl (C=O) groups is 1. The van der Waals surface area contributed by atoms with Crippen molar-refractivity contribution in [3.05, 3.63) is 76.8 Å². The maximum absolute atomic E-state index is 12.4. The highest BCUT2D eigenvalue weighted by atomic mass is 16.4. The minimum atomic E-state index is -1.27. The first-order valence-electron chi connectivity index (χ1n) is 7.24. The van der Waals surface area contributed by atoms with Gasteiger partial charge in [0.1, 0.15) is 11.2 Å². The number of pyridine rings is 3. The first-order chi connectivity index (χ1) is 11.7. The molecule has 0 aliphatic rings. The highest BCUT2D eigenvalue weighted by molar-refractivity contribution is 5.94. The predicted octanol–water partition coefficient (Wildman–Crippen LogP) is 2.63. The van der Waals surface area contributed by atoms with Crippen molar-refractivity contribution in [2.75, 3.05) is 0 Å². The summed E-state index contributed by atoms with van der Waals surface area (Å²) in [4.78, 5) is 32.5. The van der Waals surface area contributed by atoms with Crippen molar-refractivity contribution in [2.45, 2.75) is 0 Å². The molecule has 0 aliphatic heterocycles. The summed E-state index contributed by atoms with van der Waals surface area (Å²) in [5.74, 6) is -1.27. The van der Waals surface area contributed by atoms with Crippen LogP contribution in [0.25, 0.3) is 27.6 Å². The van der Waals surface area contributed by atoms with Crippen LogP contribution in [0.1, 0.15) is 10.4 Å². The number of nitrogens with zero attached hydrogens (tertiary/aromatic N) is 3. The van der Waals surface area contributed by atoms with Crippen molar-refractivity contribution in [1.82, 2.24) is 14.5 Å². The SMILES string of the molecule is O=C(O)c1cn(-c2cccc3cccnc23)c2ncccc2c1=O. The molecule has 0 saturated carbocycles. The van der Waals surface area contributed by atoms with Crippen molar-refractivity contribution in [3.63, 3.8) is 0 Å². The van der Waals surface area contributed by atoms with Gasteiger partial charge in [-0.25, -0.2) is 9.78 Å². The van der Waals surface area contributed by atoms with E-state index in [-0.39, 0.29) is 10.9 Å². The van der Waals surface area contributed by atoms with Gasteiger partial charge in [-0.05, 0) is 24.3 Å². The fourth-order valence-electron chi connectivity index (χ4n) is 2.78. The summed E-state index contributed by atoms with van der Waals surface area (Å²) >= 11 is 0. The summed E-state index contributed by atoms with van der Waals surface area (Å²) in [6, 6.07) is 12.5. The Hall–Kier alpha value is -3.54. The number of carboxylic acids is 1. The normalized spacial score (nSPS) is 11.0. The van der Waals surface area contributed by atoms with E-state index in [1.165, 1.54) is 6.20 Å². The molecule has 0 saturated heterocycles. The highest BCUT2D eigenvalue weighted by Gasteiger charge is 2.17. The standard InChI is InChI=1S/C18H11N3O3/c22-16-12-6-3-9-20-17(12)21(10-13(16)18(23)24)14-7-1-4-11-5-2-8-19-15(11)14/h1-10H,(H,23,24). The largest absolute Gasteiger partial charge is 0.477 e. The van der Waals surface area contributed by atoms with Crippen LogP contribution in [-0.4, -0.2) is 25.6 Å². The van der Waals surface area contributed by atoms with E-state index in [1.807, 2.05) is 30.3 Å². The number of para-hydroxylation sites is 1. The average Bonchev–Trinajstić information content (AvgIpc) is 2.62. The number of hydrogen-bond donors (Lipinski definition) is 1. The molecule has 3 heterocycles. The van der Waals surface area contributed by atoms with Gasteiger partial charge in [0.2, 0.25) is 5.43 Å². The fraction of sp³-hybridized carbons (Fsp3) is 0. The second kappa shape index (κ2) is 5.27. The molecule has 6 heteroatoms. The Kier molecular flexibility index (Phi) is 3.09. The lowest BCUT2D eigenvalue weighted by Gasteiger charge is -2.13. The maximum Gasteiger partial charge on any atom is 0.341 e. The van der Waals surface area contributed by atoms with Crippen LogP contribution in [0.15, 0.2) is 65.8 Å². The van der Waals surface area contributed by atoms with Crippen LogP contribution >= 0.6 is 0 Å². The van der Waals surface area contributed by atoms with Crippen molar-refractivity contribution in [2.24, 2.45) is 0 Å². The summed E-state index contributed by atoms with van der Waals surface area (Å²) in [7, 11) is 0. The van der Waals surface area contributed by atoms with Crippen LogP contribution < -0.4 is 5.43 Å². The van der Waals surface area contributed by atoms with Crippen LogP contribution in [0.4, 0.5) is 0 Å². The number of fused-ring (bicyclic) bond motifs is 2. The van der Waals surface area contributed by atoms with E-state index in [2.05, 4.69) is 9.97 Å². The summed E-state index contributed by atoms with van der Waals surface area (Å²) < 4.78 is 1.61. The Morgan fingerprint density at radius 2 is 1.75 bits per heavy atom. The Labute approximate surface area is 135 Å². The van der Waals surface area contributed by atoms with Gasteiger partial charge in [-0.3, -0.25) is 14.3 Å². The smallest absolute Gasteiger partial charge is 0.341 e. The fourth-order valence-corrected chi connectivity index (χ4v) is 2.78. The molecule has 1 N–H and O–H groups in total. The van der Waals surface area contributed by atoms with Gasteiger partial charge >= 0.3 is 5.97 Å². The Balaban J connectivity index is 2.19. The molecule has 116 valence electrons. The molecule has 24 heavy (non-hydrogen) atoms. The summed E-state index contributed by atoms with van der Waals surface area (Å²) in [5, 5.41) is 10.5. The van der Waals surface area contributed by atoms with Gasteiger partial charge in [-0.2, -0.15) is 0 Å². The molecule has 0 bridgehead atoms. The van der Waals surface area contributed by atoms with Gasteiger partial charge in [0.05, 0.1) is 16.6 Å². The number of benzene rings is 1. The molecular formula is C18H11N3O3. The molecule has 3 aromatic heterocycles. The third-order valence-corrected chi connectivity index (χ3v) is 3.86. The molecule has 6 nitrogen and oxygen atoms in total. The Morgan fingerprint density at radius 3 is 2.58 bits per heavy atom. The van der Waals surface area contributed by atoms with E-state index in [4.69, 9.17) is 0 Å². The molecule has 1 aromatic carbocycles. The van der Waals surface area contributed by atoms with Crippen molar-refractivity contribution in [1.29, 1.82) is 0 Å². The molecule has 0 atom stereocenters. The van der Waals surface area contributed by atoms with Crippen molar-refractivity contribution < 1.29 is 9.90 Å². The summed E-state index contributed by atoms with van der Waals surface area (Å²) in [5.41, 5.74) is 0.912. The zero-order valence-corrected chi connectivity index (χ0v) is 12.4. The lowest BCUT2D eigenvalue weighted by atomic mass is 10.1. The predicted molar refractivity (Wildman–Crippen MR) is 89.6 cm³/mol. The quantitative estimate of drug-likeness (QED) is 0.614. The van der Waals surface area contributed by atoms with Crippen LogP contribution in [0.2, 0.25) is 0 Å². The molecular weight excluding hydrogens is 306 g/mol. The topological polar surface area (TPSA) is 85.1 Å². The minimum absolute atomic E-state index is 0.255. The van der Waals surface area contributed by atoms with Crippen molar-refractivity contribution >= 4 is 27.9 Å². The molecule has 0 amide bonds. The van der Waals surface area contributed by atoms with Gasteiger partial charge in [0.15, 0.2) is 0 Å². The van der Waals surface area contributed by atoms with Crippen LogP contribution in [-0.2, 0) is 0 Å². The number of rotatable bonds is 2. The second-order valence-electron chi connectivity index (χ2n) is 5.27. The van der Waals surface area contributed by atoms with E-state index >= 15 is 0 Å². The van der Waals surface area contributed by atoms with Crippen LogP contribution in [0, 0.1) is 0 Å². The lowest BCUT2D eigenvalue weighted by Crippen LogP contribution is -2.19. The lowest BCUT2D eigenvalue weighted by molar-refractivity contribution is 0.0695. The molecule has 4 rings (SSSR count). The van der Waals surface area contributed by atoms with Crippen LogP contribution in [0.5, 0.6) is 0 Å². The molecule has 0 aliphatic carbocycles. The average molecular weight is 317 g/mol. The molecule has 0 radical (unpaired) electrons. The van der Waals surface area contributed by atoms with Crippen molar-refractivity contribution in [3.8, 4) is 5.69 Å². The van der Waals surface area contributed by atoms with Gasteiger partial charge in [-0.15, -0.1) is 0 Å². The first-order valence-corrected chi connectivity index (χ1v) is 7.24. The minimum Gasteiger partial charge on any atom is -0.477 e. The van der Waals surface area contributed by atoms with E-state index in [1.54, 1.807) is 29.1 Å². The zero-order valence-electron chi connectivity index (χ0n) is 12.4. The Bertz CT molecular complexity index is 1160. The molecule has 0 spiro atoms. The molecule has 0 unspecified atom stereocenters. The Morgan fingerprint density at radius 1 is 1.00 bits per heavy atom. The second-order valence-corrected chi connectivity index (χ2v) is 5.27. The summed E-state index contributed by atoms with van der Waals surface area (Å²) in [6.07, 6.45) is 4.54. The molecule has 4 aromatic rings. The van der Waals surface area contributed by atoms with E-state index in [0.717, 1.165) is 5.39 Å². The van der Waals surface area contributed by atoms with Gasteiger partial charge in [-0.1, -0.05) is 18.2 Å². The van der Waals surface area contributed by atoms with Gasteiger partial charge in [0.25, 0.3) is 0 Å². The van der Waals surface area contributed by atoms with E-state index in [9.17, 15) is 14.7 Å². The summed E-state index contributed by atoms with van der Waals surface area (Å²) in [6.45, 7) is 0. The number of hydrogen-bond acceptors (Lipinski definition) is 4. The number of aromatic nitrogens is 3. The first kappa shape index (κ1) is 14.1. The highest BCUT2D eigenvalue weighted by Crippen LogP contribution is 2.23. The number of carboxylic acid groups (broad SMARTS) is 1. The number of aromatic carboxylic acids is 1. The maximum atomic E-state index is 12.4. The zero-order chi connectivity index (χ0) is 16.7. The van der Waals surface area contributed by atoms with Crippen LogP contribution in [0.3, 0.4) is 0 Å². The van der Waals surface area contributed by atoms with Gasteiger partial charge in [0, 0.05) is 24.0 Å². The monoisotopic (exact) mass is 317 g/mol. The van der Waals surface area contributed by atoms with E-state index < -0.39 is 11.4 Å². The third kappa shape index (κ3) is 2.04. The van der Waals surface area contributed by atoms with Gasteiger partial charge < -0.3 is 5.11 Å². The van der Waals surface area contributed by atoms with E-state index in [0.29, 0.717) is 16.9 Å². The molecule has 0 fully saturated rings.